The molecule has 0 saturated carbocycles. The highest BCUT2D eigenvalue weighted by atomic mass is 16.2. The van der Waals surface area contributed by atoms with Crippen molar-refractivity contribution in [1.82, 2.24) is 15.5 Å². The van der Waals surface area contributed by atoms with E-state index in [-0.39, 0.29) is 29.7 Å². The molecule has 1 saturated heterocycles. The highest BCUT2D eigenvalue weighted by Gasteiger charge is 2.39. The summed E-state index contributed by atoms with van der Waals surface area (Å²) in [7, 11) is 0. The van der Waals surface area contributed by atoms with Crippen LogP contribution >= 0.6 is 0 Å². The Bertz CT molecular complexity index is 1160. The fourth-order valence-corrected chi connectivity index (χ4v) is 5.12. The van der Waals surface area contributed by atoms with Gasteiger partial charge in [-0.3, -0.25) is 19.7 Å². The molecule has 2 aromatic carbocycles. The predicted octanol–water partition coefficient (Wildman–Crippen LogP) is 4.33. The fourth-order valence-electron chi connectivity index (χ4n) is 5.12. The van der Waals surface area contributed by atoms with Gasteiger partial charge in [-0.15, -0.1) is 6.58 Å². The number of benzene rings is 2. The number of imide groups is 1. The van der Waals surface area contributed by atoms with E-state index in [2.05, 4.69) is 60.6 Å². The van der Waals surface area contributed by atoms with Gasteiger partial charge in [-0.05, 0) is 68.8 Å². The van der Waals surface area contributed by atoms with Gasteiger partial charge in [0.1, 0.15) is 6.04 Å². The van der Waals surface area contributed by atoms with E-state index in [1.807, 2.05) is 18.2 Å². The third kappa shape index (κ3) is 6.28. The molecule has 37 heavy (non-hydrogen) atoms. The molecule has 0 spiro atoms. The average Bonchev–Trinajstić information content (AvgIpc) is 3.23. The quantitative estimate of drug-likeness (QED) is 0.228. The lowest BCUT2D eigenvalue weighted by molar-refractivity contribution is -0.136. The molecule has 0 bridgehead atoms. The number of amides is 3. The van der Waals surface area contributed by atoms with Crippen LogP contribution in [0.5, 0.6) is 0 Å². The van der Waals surface area contributed by atoms with E-state index in [1.54, 1.807) is 11.0 Å². The Hall–Kier alpha value is -3.45. The van der Waals surface area contributed by atoms with Crippen LogP contribution in [0.3, 0.4) is 0 Å². The Morgan fingerprint density at radius 3 is 2.59 bits per heavy atom. The SMILES string of the molecule is C=CCC(C)(CC)NCCCc1ccc(CNc2cccc3c2CN(C2CCC(=O)NC2=O)C3=O)cc1. The van der Waals surface area contributed by atoms with Crippen molar-refractivity contribution >= 4 is 23.4 Å². The highest BCUT2D eigenvalue weighted by Crippen LogP contribution is 2.32. The summed E-state index contributed by atoms with van der Waals surface area (Å²) in [6.45, 7) is 10.3. The van der Waals surface area contributed by atoms with Crippen LogP contribution in [0.2, 0.25) is 0 Å². The number of hydrogen-bond acceptors (Lipinski definition) is 5. The third-order valence-corrected chi connectivity index (χ3v) is 7.66. The fraction of sp³-hybridized carbons (Fsp3) is 0.433. The lowest BCUT2D eigenvalue weighted by Crippen LogP contribution is -2.52. The Morgan fingerprint density at radius 2 is 1.89 bits per heavy atom. The van der Waals surface area contributed by atoms with Crippen molar-refractivity contribution in [3.63, 3.8) is 0 Å². The minimum atomic E-state index is -0.606. The number of anilines is 1. The van der Waals surface area contributed by atoms with Crippen LogP contribution in [0.25, 0.3) is 0 Å². The first-order valence-electron chi connectivity index (χ1n) is 13.3. The molecule has 2 heterocycles. The normalized spacial score (nSPS) is 18.8. The second-order valence-electron chi connectivity index (χ2n) is 10.3. The minimum Gasteiger partial charge on any atom is -0.381 e. The molecule has 2 aliphatic heterocycles. The average molecular weight is 503 g/mol. The van der Waals surface area contributed by atoms with Gasteiger partial charge in [0.05, 0.1) is 0 Å². The number of aryl methyl sites for hydroxylation is 1. The largest absolute Gasteiger partial charge is 0.381 e. The molecular weight excluding hydrogens is 464 g/mol. The summed E-state index contributed by atoms with van der Waals surface area (Å²) in [5.74, 6) is -0.826. The first-order chi connectivity index (χ1) is 17.8. The first-order valence-corrected chi connectivity index (χ1v) is 13.3. The zero-order valence-corrected chi connectivity index (χ0v) is 21.9. The van der Waals surface area contributed by atoms with Crippen LogP contribution in [0, 0.1) is 0 Å². The van der Waals surface area contributed by atoms with Gasteiger partial charge in [-0.1, -0.05) is 43.3 Å². The molecule has 3 amide bonds. The summed E-state index contributed by atoms with van der Waals surface area (Å²) in [6, 6.07) is 13.7. The van der Waals surface area contributed by atoms with Gasteiger partial charge in [0.2, 0.25) is 11.8 Å². The highest BCUT2D eigenvalue weighted by molar-refractivity contribution is 6.06. The summed E-state index contributed by atoms with van der Waals surface area (Å²) in [5, 5.41) is 9.51. The molecule has 2 unspecified atom stereocenters. The van der Waals surface area contributed by atoms with Crippen molar-refractivity contribution in [3.8, 4) is 0 Å². The molecular formula is C30H38N4O3. The smallest absolute Gasteiger partial charge is 0.255 e. The lowest BCUT2D eigenvalue weighted by Gasteiger charge is -2.29. The van der Waals surface area contributed by atoms with Crippen molar-refractivity contribution in [1.29, 1.82) is 0 Å². The Morgan fingerprint density at radius 1 is 1.14 bits per heavy atom. The zero-order valence-electron chi connectivity index (χ0n) is 21.9. The molecule has 2 atom stereocenters. The number of carbonyl (C=O) groups excluding carboxylic acids is 3. The van der Waals surface area contributed by atoms with Crippen molar-refractivity contribution < 1.29 is 14.4 Å². The standard InChI is InChI=1S/C30H38N4O3/c1-4-17-30(3,5-2)32-18-7-8-21-11-13-22(14-12-21)19-31-25-10-6-9-23-24(25)20-34(29(23)37)26-15-16-27(35)33-28(26)36/h4,6,9-14,26,31-32H,1,5,7-8,15-20H2,2-3H3,(H,33,35,36). The van der Waals surface area contributed by atoms with E-state index in [0.717, 1.165) is 49.0 Å². The molecule has 7 nitrogen and oxygen atoms in total. The van der Waals surface area contributed by atoms with Crippen LogP contribution in [0.15, 0.2) is 55.1 Å². The van der Waals surface area contributed by atoms with Crippen LogP contribution in [0.1, 0.15) is 73.0 Å². The van der Waals surface area contributed by atoms with Crippen molar-refractivity contribution in [2.75, 3.05) is 11.9 Å². The predicted molar refractivity (Wildman–Crippen MR) is 146 cm³/mol. The first kappa shape index (κ1) is 26.6. The van der Waals surface area contributed by atoms with Gasteiger partial charge in [0.15, 0.2) is 0 Å². The van der Waals surface area contributed by atoms with Gasteiger partial charge in [0, 0.05) is 41.9 Å². The van der Waals surface area contributed by atoms with E-state index in [4.69, 9.17) is 0 Å². The number of rotatable bonds is 12. The van der Waals surface area contributed by atoms with E-state index >= 15 is 0 Å². The monoisotopic (exact) mass is 502 g/mol. The molecule has 3 N–H and O–H groups in total. The summed E-state index contributed by atoms with van der Waals surface area (Å²) < 4.78 is 0. The Kier molecular flexibility index (Phi) is 8.44. The van der Waals surface area contributed by atoms with Gasteiger partial charge in [0.25, 0.3) is 5.91 Å². The van der Waals surface area contributed by atoms with Crippen molar-refractivity contribution in [3.05, 3.63) is 77.4 Å². The van der Waals surface area contributed by atoms with Crippen LogP contribution in [0.4, 0.5) is 5.69 Å². The molecule has 7 heteroatoms. The molecule has 0 aliphatic carbocycles. The molecule has 4 rings (SSSR count). The number of piperidine rings is 1. The van der Waals surface area contributed by atoms with Gasteiger partial charge in [-0.2, -0.15) is 0 Å². The van der Waals surface area contributed by atoms with Crippen molar-refractivity contribution in [2.45, 2.75) is 77.0 Å². The number of fused-ring (bicyclic) bond motifs is 1. The molecule has 1 fully saturated rings. The van der Waals surface area contributed by atoms with Crippen molar-refractivity contribution in [2.24, 2.45) is 0 Å². The Balaban J connectivity index is 1.30. The molecule has 0 aromatic heterocycles. The molecule has 196 valence electrons. The molecule has 2 aliphatic rings. The van der Waals surface area contributed by atoms with Crippen LogP contribution in [-0.4, -0.2) is 40.7 Å². The summed E-state index contributed by atoms with van der Waals surface area (Å²) in [4.78, 5) is 38.5. The maximum atomic E-state index is 13.0. The molecule has 2 aromatic rings. The summed E-state index contributed by atoms with van der Waals surface area (Å²) >= 11 is 0. The maximum absolute atomic E-state index is 13.0. The summed E-state index contributed by atoms with van der Waals surface area (Å²) in [6.07, 6.45) is 6.76. The van der Waals surface area contributed by atoms with E-state index in [9.17, 15) is 14.4 Å². The minimum absolute atomic E-state index is 0.123. The maximum Gasteiger partial charge on any atom is 0.255 e. The topological polar surface area (TPSA) is 90.5 Å². The van der Waals surface area contributed by atoms with Crippen LogP contribution < -0.4 is 16.0 Å². The molecule has 0 radical (unpaired) electrons. The number of nitrogens with zero attached hydrogens (tertiary/aromatic N) is 1. The van der Waals surface area contributed by atoms with E-state index < -0.39 is 6.04 Å². The lowest BCUT2D eigenvalue weighted by atomic mass is 9.94. The van der Waals surface area contributed by atoms with E-state index in [1.165, 1.54) is 5.56 Å². The third-order valence-electron chi connectivity index (χ3n) is 7.66. The zero-order chi connectivity index (χ0) is 26.4. The number of nitrogens with one attached hydrogen (secondary N) is 3. The van der Waals surface area contributed by atoms with Gasteiger partial charge in [-0.25, -0.2) is 0 Å². The second kappa shape index (κ2) is 11.7. The summed E-state index contributed by atoms with van der Waals surface area (Å²) in [5.41, 5.74) is 5.02. The number of carbonyl (C=O) groups is 3. The van der Waals surface area contributed by atoms with Gasteiger partial charge >= 0.3 is 0 Å². The van der Waals surface area contributed by atoms with Gasteiger partial charge < -0.3 is 15.5 Å². The second-order valence-corrected chi connectivity index (χ2v) is 10.3. The Labute approximate surface area is 219 Å². The number of hydrogen-bond donors (Lipinski definition) is 3. The van der Waals surface area contributed by atoms with Crippen LogP contribution in [-0.2, 0) is 29.1 Å². The van der Waals surface area contributed by atoms with E-state index in [0.29, 0.717) is 25.1 Å².